The third-order valence-electron chi connectivity index (χ3n) is 7.25. The topological polar surface area (TPSA) is 79.7 Å². The van der Waals surface area contributed by atoms with Gasteiger partial charge in [0, 0.05) is 54.2 Å². The number of nitrogens with zero attached hydrogens (tertiary/aromatic N) is 2. The Morgan fingerprint density at radius 2 is 1.75 bits per heavy atom. The molecule has 0 spiro atoms. The van der Waals surface area contributed by atoms with Crippen molar-refractivity contribution in [3.8, 4) is 11.3 Å². The van der Waals surface area contributed by atoms with Gasteiger partial charge in [-0.1, -0.05) is 71.7 Å². The second-order valence-corrected chi connectivity index (χ2v) is 10.7. The van der Waals surface area contributed by atoms with Crippen molar-refractivity contribution < 1.29 is 9.36 Å². The number of nitrogens with two attached hydrogens (primary N) is 1. The van der Waals surface area contributed by atoms with E-state index < -0.39 is 0 Å². The van der Waals surface area contributed by atoms with E-state index in [0.29, 0.717) is 29.6 Å². The predicted molar refractivity (Wildman–Crippen MR) is 166 cm³/mol. The van der Waals surface area contributed by atoms with E-state index in [-0.39, 0.29) is 5.91 Å². The lowest BCUT2D eigenvalue weighted by Gasteiger charge is -2.04. The van der Waals surface area contributed by atoms with Crippen LogP contribution in [0.25, 0.3) is 45.3 Å². The highest BCUT2D eigenvalue weighted by molar-refractivity contribution is 6.42. The quantitative estimate of drug-likeness (QED) is 0.121. The van der Waals surface area contributed by atoms with E-state index in [1.54, 1.807) is 0 Å². The van der Waals surface area contributed by atoms with Crippen LogP contribution < -0.4 is 15.6 Å². The molecule has 0 aliphatic heterocycles. The first kappa shape index (κ1) is 28.0. The summed E-state index contributed by atoms with van der Waals surface area (Å²) < 4.78 is 4.45. The number of aromatic amines is 1. The fourth-order valence-corrected chi connectivity index (χ4v) is 5.55. The van der Waals surface area contributed by atoms with Gasteiger partial charge in [0.2, 0.25) is 5.91 Å². The molecule has 8 heteroatoms. The van der Waals surface area contributed by atoms with Crippen LogP contribution in [0.2, 0.25) is 10.0 Å². The van der Waals surface area contributed by atoms with Gasteiger partial charge in [0.25, 0.3) is 5.82 Å². The van der Waals surface area contributed by atoms with E-state index in [1.165, 1.54) is 5.39 Å². The van der Waals surface area contributed by atoms with Gasteiger partial charge in [-0.05, 0) is 37.0 Å². The molecule has 3 aromatic carbocycles. The summed E-state index contributed by atoms with van der Waals surface area (Å²) in [5.74, 6) is 1.10. The molecule has 5 aromatic rings. The number of aryl methyl sites for hydroxylation is 2. The van der Waals surface area contributed by atoms with Crippen molar-refractivity contribution >= 4 is 63.2 Å². The molecule has 40 heavy (non-hydrogen) atoms. The summed E-state index contributed by atoms with van der Waals surface area (Å²) in [6.45, 7) is 1.77. The molecule has 206 valence electrons. The number of carbonyl (C=O) groups is 1. The normalized spacial score (nSPS) is 11.7. The highest BCUT2D eigenvalue weighted by Gasteiger charge is 2.23. The van der Waals surface area contributed by atoms with Gasteiger partial charge >= 0.3 is 0 Å². The van der Waals surface area contributed by atoms with E-state index in [4.69, 9.17) is 28.9 Å². The van der Waals surface area contributed by atoms with Gasteiger partial charge in [0.15, 0.2) is 11.0 Å². The molecule has 0 saturated heterocycles. The van der Waals surface area contributed by atoms with Crippen LogP contribution in [0.1, 0.15) is 37.1 Å². The van der Waals surface area contributed by atoms with Crippen molar-refractivity contribution in [2.75, 3.05) is 13.1 Å². The Kier molecular flexibility index (Phi) is 8.90. The highest BCUT2D eigenvalue weighted by atomic mass is 35.5. The number of halogens is 2. The van der Waals surface area contributed by atoms with Crippen molar-refractivity contribution in [2.24, 2.45) is 12.8 Å². The van der Waals surface area contributed by atoms with Crippen molar-refractivity contribution in [1.29, 1.82) is 0 Å². The number of hydrogen-bond acceptors (Lipinski definition) is 2. The summed E-state index contributed by atoms with van der Waals surface area (Å²) in [4.78, 5) is 15.6. The van der Waals surface area contributed by atoms with Crippen molar-refractivity contribution in [3.05, 3.63) is 88.2 Å². The number of rotatable bonds is 11. The van der Waals surface area contributed by atoms with E-state index in [9.17, 15) is 4.79 Å². The molecule has 4 N–H and O–H groups in total. The van der Waals surface area contributed by atoms with Crippen LogP contribution in [0.4, 0.5) is 0 Å². The first-order valence-corrected chi connectivity index (χ1v) is 14.4. The fourth-order valence-electron chi connectivity index (χ4n) is 5.23. The van der Waals surface area contributed by atoms with Gasteiger partial charge in [-0.15, -0.1) is 0 Å². The molecule has 0 atom stereocenters. The lowest BCUT2D eigenvalue weighted by Crippen LogP contribution is -2.31. The monoisotopic (exact) mass is 574 g/mol. The standard InChI is InChI=1S/C32H33Cl2N5O/c1-38-28-20-25(33)26(34)21-29(28)39(19-9-3-6-14-30(40)36-18-17-35)31(38)16-15-24-23-12-7-8-13-27(23)37-32(24)22-10-4-2-5-11-22/h2,4-5,7-8,10-13,15-16,20-21H,3,6,9,14,17-19,35H2,1H3,(H,36,40)/p+1. The Hall–Kier alpha value is -3.58. The first-order chi connectivity index (χ1) is 19.5. The number of nitrogens with one attached hydrogen (secondary N) is 2. The van der Waals surface area contributed by atoms with E-state index >= 15 is 0 Å². The van der Waals surface area contributed by atoms with Crippen LogP contribution in [-0.2, 0) is 18.4 Å². The van der Waals surface area contributed by atoms with Crippen LogP contribution in [0, 0.1) is 0 Å². The first-order valence-electron chi connectivity index (χ1n) is 13.7. The number of benzene rings is 3. The molecule has 0 aliphatic carbocycles. The maximum absolute atomic E-state index is 11.9. The second-order valence-electron chi connectivity index (χ2n) is 9.93. The maximum Gasteiger partial charge on any atom is 0.282 e. The van der Waals surface area contributed by atoms with Crippen LogP contribution >= 0.6 is 23.2 Å². The van der Waals surface area contributed by atoms with Crippen molar-refractivity contribution in [2.45, 2.75) is 32.2 Å². The third kappa shape index (κ3) is 5.94. The SMILES string of the molecule is C[n+]1c(/C=C/c2c(-c3ccccc3)[nH]c3ccccc23)n(CCCCCC(=O)NCCN)c2cc(Cl)c(Cl)cc21. The average Bonchev–Trinajstić information content (AvgIpc) is 3.46. The molecule has 0 saturated carbocycles. The number of aromatic nitrogens is 3. The summed E-state index contributed by atoms with van der Waals surface area (Å²) in [6, 6.07) is 22.6. The number of fused-ring (bicyclic) bond motifs is 2. The Morgan fingerprint density at radius 3 is 2.55 bits per heavy atom. The zero-order chi connectivity index (χ0) is 28.1. The molecular formula is C32H34Cl2N5O+. The van der Waals surface area contributed by atoms with Crippen LogP contribution in [0.3, 0.4) is 0 Å². The number of para-hydroxylation sites is 1. The van der Waals surface area contributed by atoms with Crippen LogP contribution in [0.15, 0.2) is 66.7 Å². The van der Waals surface area contributed by atoms with E-state index in [2.05, 4.69) is 81.1 Å². The molecule has 6 nitrogen and oxygen atoms in total. The minimum Gasteiger partial charge on any atom is -0.355 e. The van der Waals surface area contributed by atoms with Gasteiger partial charge < -0.3 is 16.0 Å². The number of hydrogen-bond donors (Lipinski definition) is 3. The predicted octanol–water partition coefficient (Wildman–Crippen LogP) is 6.73. The second kappa shape index (κ2) is 12.7. The minimum absolute atomic E-state index is 0.0567. The zero-order valence-electron chi connectivity index (χ0n) is 22.6. The molecular weight excluding hydrogens is 541 g/mol. The molecule has 0 fully saturated rings. The summed E-state index contributed by atoms with van der Waals surface area (Å²) in [5, 5.41) is 5.07. The van der Waals surface area contributed by atoms with Gasteiger partial charge in [0.05, 0.1) is 29.3 Å². The smallest absolute Gasteiger partial charge is 0.282 e. The Balaban J connectivity index is 1.49. The summed E-state index contributed by atoms with van der Waals surface area (Å²) in [6.07, 6.45) is 7.56. The number of H-pyrrole nitrogens is 1. The summed E-state index contributed by atoms with van der Waals surface area (Å²) in [7, 11) is 2.05. The third-order valence-corrected chi connectivity index (χ3v) is 7.97. The zero-order valence-corrected chi connectivity index (χ0v) is 24.1. The Morgan fingerprint density at radius 1 is 1.00 bits per heavy atom. The lowest BCUT2D eigenvalue weighted by atomic mass is 10.0. The van der Waals surface area contributed by atoms with E-state index in [1.807, 2.05) is 24.3 Å². The van der Waals surface area contributed by atoms with Crippen LogP contribution in [0.5, 0.6) is 0 Å². The number of imidazole rings is 1. The van der Waals surface area contributed by atoms with E-state index in [0.717, 1.165) is 65.0 Å². The Bertz CT molecular complexity index is 1670. The number of unbranched alkanes of at least 4 members (excludes halogenated alkanes) is 2. The van der Waals surface area contributed by atoms with Gasteiger partial charge in [-0.25, -0.2) is 9.13 Å². The Labute approximate surface area is 244 Å². The molecule has 2 heterocycles. The van der Waals surface area contributed by atoms with Gasteiger partial charge in [0.1, 0.15) is 0 Å². The molecule has 0 unspecified atom stereocenters. The summed E-state index contributed by atoms with van der Waals surface area (Å²) in [5.41, 5.74) is 12.0. The minimum atomic E-state index is 0.0567. The largest absolute Gasteiger partial charge is 0.355 e. The van der Waals surface area contributed by atoms with Gasteiger partial charge in [-0.2, -0.15) is 0 Å². The average molecular weight is 576 g/mol. The molecule has 0 bridgehead atoms. The fraction of sp³-hybridized carbons (Fsp3) is 0.250. The maximum atomic E-state index is 11.9. The molecule has 0 radical (unpaired) electrons. The molecule has 0 aliphatic rings. The lowest BCUT2D eigenvalue weighted by molar-refractivity contribution is -0.647. The molecule has 1 amide bonds. The molecule has 5 rings (SSSR count). The number of amides is 1. The van der Waals surface area contributed by atoms with Gasteiger partial charge in [-0.3, -0.25) is 4.79 Å². The van der Waals surface area contributed by atoms with Crippen molar-refractivity contribution in [3.63, 3.8) is 0 Å². The number of carbonyl (C=O) groups excluding carboxylic acids is 1. The highest BCUT2D eigenvalue weighted by Crippen LogP contribution is 2.33. The summed E-state index contributed by atoms with van der Waals surface area (Å²) >= 11 is 12.9. The van der Waals surface area contributed by atoms with Crippen LogP contribution in [-0.4, -0.2) is 28.5 Å². The van der Waals surface area contributed by atoms with Crippen molar-refractivity contribution in [1.82, 2.24) is 14.9 Å². The molecule has 2 aromatic heterocycles.